The average Bonchev–Trinajstić information content (AvgIpc) is 3.32. The topological polar surface area (TPSA) is 105 Å². The van der Waals surface area contributed by atoms with Crippen molar-refractivity contribution in [1.82, 2.24) is 25.0 Å². The molecular formula is C18H21N5O5. The number of carbonyl (C=O) groups is 1. The van der Waals surface area contributed by atoms with E-state index in [1.807, 2.05) is 18.2 Å². The van der Waals surface area contributed by atoms with Crippen molar-refractivity contribution in [3.63, 3.8) is 0 Å². The van der Waals surface area contributed by atoms with Crippen molar-refractivity contribution >= 4 is 17.1 Å². The van der Waals surface area contributed by atoms with Crippen LogP contribution in [0.4, 0.5) is 0 Å². The summed E-state index contributed by atoms with van der Waals surface area (Å²) in [5.41, 5.74) is 1.25. The molecule has 1 aliphatic heterocycles. The minimum Gasteiger partial charge on any atom is -0.461 e. The van der Waals surface area contributed by atoms with Crippen molar-refractivity contribution in [1.29, 1.82) is 0 Å². The summed E-state index contributed by atoms with van der Waals surface area (Å²) in [5.74, 6) is 1.11. The fraction of sp³-hybridized carbons (Fsp3) is 0.444. The monoisotopic (exact) mass is 387 g/mol. The van der Waals surface area contributed by atoms with Crippen molar-refractivity contribution in [2.24, 2.45) is 0 Å². The van der Waals surface area contributed by atoms with Gasteiger partial charge in [-0.1, -0.05) is 4.85 Å². The minimum atomic E-state index is -0.329. The molecule has 0 spiro atoms. The molecule has 148 valence electrons. The molecule has 1 unspecified atom stereocenters. The van der Waals surface area contributed by atoms with E-state index in [4.69, 9.17) is 18.7 Å². The summed E-state index contributed by atoms with van der Waals surface area (Å²) in [7, 11) is 0. The van der Waals surface area contributed by atoms with Gasteiger partial charge in [-0.05, 0) is 29.5 Å². The standard InChI is InChI=1S/C18H21N5O5/c1-13(24)26-11-15-5-4-14(28-15)9-22-7-8-25-16(10-22)12-27-23-18-17(20-21-23)3-2-6-19-18/h2-6,16H,7-12H2,1H3. The van der Waals surface area contributed by atoms with Gasteiger partial charge in [0.05, 0.1) is 13.2 Å². The number of carbonyl (C=O) groups excluding carboxylic acids is 1. The molecule has 10 nitrogen and oxygen atoms in total. The van der Waals surface area contributed by atoms with E-state index in [1.54, 1.807) is 12.3 Å². The summed E-state index contributed by atoms with van der Waals surface area (Å²) >= 11 is 0. The van der Waals surface area contributed by atoms with Crippen LogP contribution in [0.5, 0.6) is 0 Å². The van der Waals surface area contributed by atoms with Gasteiger partial charge in [0, 0.05) is 26.2 Å². The molecule has 0 bridgehead atoms. The van der Waals surface area contributed by atoms with E-state index in [0.717, 1.165) is 12.3 Å². The van der Waals surface area contributed by atoms with Crippen molar-refractivity contribution < 1.29 is 23.5 Å². The number of rotatable bonds is 7. The normalized spacial score (nSPS) is 17.7. The molecule has 0 amide bonds. The Morgan fingerprint density at radius 2 is 2.21 bits per heavy atom. The van der Waals surface area contributed by atoms with Gasteiger partial charge in [0.1, 0.15) is 36.4 Å². The fourth-order valence-electron chi connectivity index (χ4n) is 2.99. The maximum absolute atomic E-state index is 10.9. The Bertz CT molecular complexity index is 939. The third-order valence-corrected chi connectivity index (χ3v) is 4.30. The highest BCUT2D eigenvalue weighted by molar-refractivity contribution is 5.68. The molecule has 0 radical (unpaired) electrons. The lowest BCUT2D eigenvalue weighted by atomic mass is 10.2. The molecule has 1 aliphatic rings. The van der Waals surface area contributed by atoms with Gasteiger partial charge in [0.25, 0.3) is 0 Å². The lowest BCUT2D eigenvalue weighted by Gasteiger charge is -2.31. The molecule has 4 heterocycles. The Morgan fingerprint density at radius 3 is 3.11 bits per heavy atom. The number of pyridine rings is 1. The zero-order valence-corrected chi connectivity index (χ0v) is 15.5. The van der Waals surface area contributed by atoms with Crippen LogP contribution in [0.3, 0.4) is 0 Å². The summed E-state index contributed by atoms with van der Waals surface area (Å²) in [6, 6.07) is 7.35. The number of morpholine rings is 1. The molecule has 0 aliphatic carbocycles. The lowest BCUT2D eigenvalue weighted by molar-refractivity contribution is -0.142. The van der Waals surface area contributed by atoms with Gasteiger partial charge in [-0.2, -0.15) is 0 Å². The van der Waals surface area contributed by atoms with E-state index >= 15 is 0 Å². The van der Waals surface area contributed by atoms with Gasteiger partial charge >= 0.3 is 5.97 Å². The maximum atomic E-state index is 10.9. The zero-order valence-electron chi connectivity index (χ0n) is 15.5. The number of esters is 1. The van der Waals surface area contributed by atoms with Crippen LogP contribution in [0.2, 0.25) is 0 Å². The van der Waals surface area contributed by atoms with Crippen LogP contribution in [-0.2, 0) is 27.4 Å². The first kappa shape index (κ1) is 18.4. The molecular weight excluding hydrogens is 366 g/mol. The van der Waals surface area contributed by atoms with Crippen LogP contribution in [0.15, 0.2) is 34.9 Å². The van der Waals surface area contributed by atoms with Crippen LogP contribution in [0.25, 0.3) is 11.2 Å². The Hall–Kier alpha value is -2.98. The minimum absolute atomic E-state index is 0.104. The van der Waals surface area contributed by atoms with Gasteiger partial charge in [-0.25, -0.2) is 4.98 Å². The second-order valence-electron chi connectivity index (χ2n) is 6.48. The number of furan rings is 1. The summed E-state index contributed by atoms with van der Waals surface area (Å²) in [4.78, 5) is 24.4. The number of aromatic nitrogens is 4. The van der Waals surface area contributed by atoms with Crippen molar-refractivity contribution in [2.45, 2.75) is 26.2 Å². The van der Waals surface area contributed by atoms with Crippen molar-refractivity contribution in [3.05, 3.63) is 42.0 Å². The van der Waals surface area contributed by atoms with Crippen LogP contribution in [-0.4, -0.2) is 63.4 Å². The number of hydrogen-bond donors (Lipinski definition) is 0. The van der Waals surface area contributed by atoms with E-state index in [1.165, 1.54) is 11.8 Å². The van der Waals surface area contributed by atoms with E-state index in [-0.39, 0.29) is 18.7 Å². The number of ether oxygens (including phenoxy) is 2. The van der Waals surface area contributed by atoms with Gasteiger partial charge in [-0.3, -0.25) is 9.69 Å². The Kier molecular flexibility index (Phi) is 5.49. The predicted molar refractivity (Wildman–Crippen MR) is 96.0 cm³/mol. The second kappa shape index (κ2) is 8.36. The second-order valence-corrected chi connectivity index (χ2v) is 6.48. The molecule has 4 rings (SSSR count). The quantitative estimate of drug-likeness (QED) is 0.545. The number of hydrogen-bond acceptors (Lipinski definition) is 9. The fourth-order valence-corrected chi connectivity index (χ4v) is 2.99. The molecule has 3 aromatic rings. The molecule has 3 aromatic heterocycles. The molecule has 1 atom stereocenters. The first-order chi connectivity index (χ1) is 13.7. The molecule has 28 heavy (non-hydrogen) atoms. The lowest BCUT2D eigenvalue weighted by Crippen LogP contribution is -2.45. The highest BCUT2D eigenvalue weighted by Gasteiger charge is 2.23. The van der Waals surface area contributed by atoms with E-state index in [9.17, 15) is 4.79 Å². The van der Waals surface area contributed by atoms with Gasteiger partial charge in [0.2, 0.25) is 5.65 Å². The molecule has 0 saturated carbocycles. The molecule has 10 heteroatoms. The van der Waals surface area contributed by atoms with Crippen molar-refractivity contribution in [3.8, 4) is 0 Å². The molecule has 0 aromatic carbocycles. The summed E-state index contributed by atoms with van der Waals surface area (Å²) in [6.07, 6.45) is 1.57. The SMILES string of the molecule is CC(=O)OCc1ccc(CN2CCOC(COn3nnc4cccnc43)C2)o1. The third kappa shape index (κ3) is 4.46. The molecule has 1 saturated heterocycles. The van der Waals surface area contributed by atoms with Gasteiger partial charge in [-0.15, -0.1) is 5.10 Å². The summed E-state index contributed by atoms with van der Waals surface area (Å²) in [5, 5.41) is 7.97. The molecule has 1 fully saturated rings. The number of fused-ring (bicyclic) bond motifs is 1. The van der Waals surface area contributed by atoms with Gasteiger partial charge < -0.3 is 18.7 Å². The van der Waals surface area contributed by atoms with E-state index in [2.05, 4.69) is 20.2 Å². The van der Waals surface area contributed by atoms with Gasteiger partial charge in [0.15, 0.2) is 0 Å². The first-order valence-electron chi connectivity index (χ1n) is 9.02. The highest BCUT2D eigenvalue weighted by Crippen LogP contribution is 2.15. The number of nitrogens with zero attached hydrogens (tertiary/aromatic N) is 5. The average molecular weight is 387 g/mol. The first-order valence-corrected chi connectivity index (χ1v) is 9.02. The third-order valence-electron chi connectivity index (χ3n) is 4.30. The predicted octanol–water partition coefficient (Wildman–Crippen LogP) is 0.812. The Morgan fingerprint density at radius 1 is 1.32 bits per heavy atom. The van der Waals surface area contributed by atoms with E-state index in [0.29, 0.717) is 43.2 Å². The molecule has 0 N–H and O–H groups in total. The van der Waals surface area contributed by atoms with Crippen LogP contribution >= 0.6 is 0 Å². The van der Waals surface area contributed by atoms with Crippen LogP contribution < -0.4 is 4.84 Å². The van der Waals surface area contributed by atoms with Crippen LogP contribution in [0, 0.1) is 0 Å². The largest absolute Gasteiger partial charge is 0.461 e. The van der Waals surface area contributed by atoms with E-state index < -0.39 is 0 Å². The summed E-state index contributed by atoms with van der Waals surface area (Å²) < 4.78 is 16.5. The Labute approximate surface area is 160 Å². The Balaban J connectivity index is 1.29. The highest BCUT2D eigenvalue weighted by atomic mass is 16.7. The van der Waals surface area contributed by atoms with Crippen LogP contribution in [0.1, 0.15) is 18.4 Å². The maximum Gasteiger partial charge on any atom is 0.303 e. The zero-order chi connectivity index (χ0) is 19.3. The van der Waals surface area contributed by atoms with Crippen molar-refractivity contribution in [2.75, 3.05) is 26.3 Å². The summed E-state index contributed by atoms with van der Waals surface area (Å²) in [6.45, 7) is 4.59. The smallest absolute Gasteiger partial charge is 0.303 e.